The molecule has 0 radical (unpaired) electrons. The van der Waals surface area contributed by atoms with Crippen molar-refractivity contribution in [3.63, 3.8) is 0 Å². The Labute approximate surface area is 74.9 Å². The van der Waals surface area contributed by atoms with Crippen molar-refractivity contribution in [1.29, 1.82) is 0 Å². The van der Waals surface area contributed by atoms with Gasteiger partial charge in [0.1, 0.15) is 0 Å². The molecule has 1 fully saturated rings. The molecule has 5 nitrogen and oxygen atoms in total. The molecule has 1 aliphatic heterocycles. The number of nitrogens with one attached hydrogen (secondary N) is 1. The quantitative estimate of drug-likeness (QED) is 0.415. The van der Waals surface area contributed by atoms with E-state index in [1.54, 1.807) is 11.8 Å². The molecule has 0 aromatic rings. The van der Waals surface area contributed by atoms with Gasteiger partial charge in [0.2, 0.25) is 0 Å². The fourth-order valence-electron chi connectivity index (χ4n) is 1.01. The summed E-state index contributed by atoms with van der Waals surface area (Å²) < 4.78 is 0. The number of hydrogen-bond acceptors (Lipinski definition) is 5. The van der Waals surface area contributed by atoms with E-state index in [-0.39, 0.29) is 11.8 Å². The highest BCUT2D eigenvalue weighted by molar-refractivity contribution is 8.00. The lowest BCUT2D eigenvalue weighted by atomic mass is 10.1. The monoisotopic (exact) mass is 191 g/mol. The Morgan fingerprint density at radius 3 is 2.83 bits per heavy atom. The van der Waals surface area contributed by atoms with Gasteiger partial charge in [-0.25, -0.2) is 4.79 Å². The maximum absolute atomic E-state index is 10.5. The zero-order valence-corrected chi connectivity index (χ0v) is 7.43. The smallest absolute Gasteiger partial charge is 0.338 e. The molecule has 0 amide bonds. The fraction of sp³-hybridized carbons (Fsp3) is 0.833. The van der Waals surface area contributed by atoms with E-state index in [9.17, 15) is 4.79 Å². The number of aliphatic carboxylic acids is 1. The van der Waals surface area contributed by atoms with Crippen LogP contribution in [0.3, 0.4) is 0 Å². The molecular weight excluding hydrogens is 178 g/mol. The first-order valence-corrected chi connectivity index (χ1v) is 4.73. The molecule has 1 rings (SSSR count). The summed E-state index contributed by atoms with van der Waals surface area (Å²) in [6.07, 6.45) is 0.257. The van der Waals surface area contributed by atoms with Crippen molar-refractivity contribution >= 4 is 17.7 Å². The summed E-state index contributed by atoms with van der Waals surface area (Å²) in [7, 11) is 0. The molecule has 70 valence electrons. The van der Waals surface area contributed by atoms with Crippen LogP contribution in [-0.4, -0.2) is 34.4 Å². The third-order valence-electron chi connectivity index (χ3n) is 1.71. The first kappa shape index (κ1) is 9.79. The van der Waals surface area contributed by atoms with Crippen molar-refractivity contribution < 1.29 is 9.90 Å². The second-order valence-corrected chi connectivity index (χ2v) is 4.17. The third-order valence-corrected chi connectivity index (χ3v) is 2.89. The van der Waals surface area contributed by atoms with Crippen molar-refractivity contribution in [2.24, 2.45) is 11.5 Å². The summed E-state index contributed by atoms with van der Waals surface area (Å²) in [4.78, 5) is 10.5. The largest absolute Gasteiger partial charge is 0.479 e. The van der Waals surface area contributed by atoms with Gasteiger partial charge in [-0.3, -0.25) is 0 Å². The predicted molar refractivity (Wildman–Crippen MR) is 47.6 cm³/mol. The van der Waals surface area contributed by atoms with Gasteiger partial charge in [0, 0.05) is 18.7 Å². The molecule has 0 aliphatic carbocycles. The standard InChI is InChI=1S/C6H13N3O2S/c7-6(8,5(10)11)3-4-9-1-2-12-4/h4,9H,1-3,7-8H2,(H,10,11). The van der Waals surface area contributed by atoms with Crippen LogP contribution in [0.1, 0.15) is 6.42 Å². The molecule has 0 aromatic heterocycles. The van der Waals surface area contributed by atoms with E-state index >= 15 is 0 Å². The van der Waals surface area contributed by atoms with Crippen LogP contribution in [0.2, 0.25) is 0 Å². The summed E-state index contributed by atoms with van der Waals surface area (Å²) >= 11 is 1.65. The predicted octanol–water partition coefficient (Wildman–Crippen LogP) is -1.26. The van der Waals surface area contributed by atoms with E-state index < -0.39 is 11.6 Å². The molecule has 0 saturated carbocycles. The SMILES string of the molecule is NC(N)(CC1NCCS1)C(=O)O. The summed E-state index contributed by atoms with van der Waals surface area (Å²) in [5.41, 5.74) is 9.13. The third kappa shape index (κ3) is 2.34. The van der Waals surface area contributed by atoms with Gasteiger partial charge < -0.3 is 21.9 Å². The highest BCUT2D eigenvalue weighted by Gasteiger charge is 2.33. The molecule has 1 heterocycles. The van der Waals surface area contributed by atoms with Crippen LogP contribution in [0.5, 0.6) is 0 Å². The van der Waals surface area contributed by atoms with Gasteiger partial charge in [0.25, 0.3) is 0 Å². The highest BCUT2D eigenvalue weighted by atomic mass is 32.2. The van der Waals surface area contributed by atoms with Crippen LogP contribution in [0.25, 0.3) is 0 Å². The van der Waals surface area contributed by atoms with E-state index in [0.29, 0.717) is 0 Å². The number of carboxylic acid groups (broad SMARTS) is 1. The van der Waals surface area contributed by atoms with Crippen molar-refractivity contribution in [3.8, 4) is 0 Å². The normalized spacial score (nSPS) is 24.3. The number of thioether (sulfide) groups is 1. The average molecular weight is 191 g/mol. The Morgan fingerprint density at radius 2 is 2.42 bits per heavy atom. The van der Waals surface area contributed by atoms with Crippen molar-refractivity contribution in [2.45, 2.75) is 17.5 Å². The second-order valence-electron chi connectivity index (χ2n) is 2.86. The molecule has 0 bridgehead atoms. The number of rotatable bonds is 3. The summed E-state index contributed by atoms with van der Waals surface area (Å²) in [6, 6.07) is 0. The van der Waals surface area contributed by atoms with E-state index in [2.05, 4.69) is 5.32 Å². The molecule has 6 N–H and O–H groups in total. The first-order chi connectivity index (χ1) is 5.52. The molecule has 0 aromatic carbocycles. The highest BCUT2D eigenvalue weighted by Crippen LogP contribution is 2.20. The number of carbonyl (C=O) groups is 1. The van der Waals surface area contributed by atoms with Crippen LogP contribution in [0.15, 0.2) is 0 Å². The molecule has 1 aliphatic rings. The lowest BCUT2D eigenvalue weighted by Crippen LogP contribution is -2.58. The zero-order chi connectivity index (χ0) is 9.19. The fourth-order valence-corrected chi connectivity index (χ4v) is 2.15. The van der Waals surface area contributed by atoms with Gasteiger partial charge in [-0.05, 0) is 0 Å². The molecule has 1 atom stereocenters. The van der Waals surface area contributed by atoms with Gasteiger partial charge >= 0.3 is 5.97 Å². The van der Waals surface area contributed by atoms with Crippen LogP contribution in [-0.2, 0) is 4.79 Å². The molecule has 12 heavy (non-hydrogen) atoms. The maximum Gasteiger partial charge on any atom is 0.338 e. The van der Waals surface area contributed by atoms with E-state index in [1.807, 2.05) is 0 Å². The van der Waals surface area contributed by atoms with E-state index in [4.69, 9.17) is 16.6 Å². The minimum atomic E-state index is -1.60. The van der Waals surface area contributed by atoms with Crippen LogP contribution in [0.4, 0.5) is 0 Å². The lowest BCUT2D eigenvalue weighted by Gasteiger charge is -2.22. The van der Waals surface area contributed by atoms with Gasteiger partial charge in [-0.2, -0.15) is 0 Å². The topological polar surface area (TPSA) is 101 Å². The maximum atomic E-state index is 10.5. The zero-order valence-electron chi connectivity index (χ0n) is 6.62. The van der Waals surface area contributed by atoms with Crippen LogP contribution >= 0.6 is 11.8 Å². The molecular formula is C6H13N3O2S. The van der Waals surface area contributed by atoms with Gasteiger partial charge in [-0.1, -0.05) is 0 Å². The number of carboxylic acids is 1. The Hall–Kier alpha value is -0.300. The summed E-state index contributed by atoms with van der Waals surface area (Å²) in [5, 5.41) is 11.8. The van der Waals surface area contributed by atoms with Crippen molar-refractivity contribution in [1.82, 2.24) is 5.32 Å². The molecule has 1 unspecified atom stereocenters. The van der Waals surface area contributed by atoms with E-state index in [0.717, 1.165) is 12.3 Å². The van der Waals surface area contributed by atoms with Gasteiger partial charge in [0.15, 0.2) is 5.66 Å². The minimum Gasteiger partial charge on any atom is -0.479 e. The first-order valence-electron chi connectivity index (χ1n) is 3.68. The summed E-state index contributed by atoms with van der Waals surface area (Å²) in [6.45, 7) is 0.894. The Kier molecular flexibility index (Phi) is 2.94. The minimum absolute atomic E-state index is 0.0797. The Morgan fingerprint density at radius 1 is 1.75 bits per heavy atom. The number of hydrogen-bond donors (Lipinski definition) is 4. The number of nitrogens with two attached hydrogens (primary N) is 2. The summed E-state index contributed by atoms with van der Waals surface area (Å²) in [5.74, 6) is -0.169. The molecule has 1 saturated heterocycles. The molecule has 0 spiro atoms. The van der Waals surface area contributed by atoms with E-state index in [1.165, 1.54) is 0 Å². The average Bonchev–Trinajstić information content (AvgIpc) is 2.38. The van der Waals surface area contributed by atoms with Crippen LogP contribution < -0.4 is 16.8 Å². The lowest BCUT2D eigenvalue weighted by molar-refractivity contribution is -0.143. The van der Waals surface area contributed by atoms with Crippen molar-refractivity contribution in [2.75, 3.05) is 12.3 Å². The molecule has 6 heteroatoms. The van der Waals surface area contributed by atoms with Crippen molar-refractivity contribution in [3.05, 3.63) is 0 Å². The van der Waals surface area contributed by atoms with Gasteiger partial charge in [-0.15, -0.1) is 11.8 Å². The van der Waals surface area contributed by atoms with Gasteiger partial charge in [0.05, 0.1) is 5.37 Å². The second kappa shape index (κ2) is 3.61. The Balaban J connectivity index is 2.42. The Bertz CT molecular complexity index is 180. The van der Waals surface area contributed by atoms with Crippen LogP contribution in [0, 0.1) is 0 Å².